The summed E-state index contributed by atoms with van der Waals surface area (Å²) >= 11 is 0. The number of carbonyl (C=O) groups is 3. The Balaban J connectivity index is 0.00000196. The zero-order chi connectivity index (χ0) is 17.6. The molecule has 140 valence electrons. The van der Waals surface area contributed by atoms with Gasteiger partial charge in [-0.05, 0) is 42.4 Å². The minimum Gasteiger partial charge on any atom is -0.338 e. The summed E-state index contributed by atoms with van der Waals surface area (Å²) in [6.07, 6.45) is 2.79. The van der Waals surface area contributed by atoms with Crippen LogP contribution in [0.5, 0.6) is 0 Å². The number of amides is 3. The zero-order valence-corrected chi connectivity index (χ0v) is 15.4. The molecule has 3 unspecified atom stereocenters. The number of fused-ring (bicyclic) bond motifs is 1. The Bertz CT molecular complexity index is 705. The van der Waals surface area contributed by atoms with Crippen LogP contribution >= 0.6 is 12.4 Å². The first-order valence-electron chi connectivity index (χ1n) is 9.00. The number of nitrogens with zero attached hydrogens (tertiary/aromatic N) is 2. The molecular formula is C19H24ClN3O3. The van der Waals surface area contributed by atoms with E-state index in [2.05, 4.69) is 0 Å². The van der Waals surface area contributed by atoms with Gasteiger partial charge in [0.1, 0.15) is 0 Å². The number of nitrogens with two attached hydrogens (primary N) is 1. The second kappa shape index (κ2) is 7.37. The highest BCUT2D eigenvalue weighted by molar-refractivity contribution is 6.01. The number of carbonyl (C=O) groups excluding carboxylic acids is 3. The summed E-state index contributed by atoms with van der Waals surface area (Å²) in [5.41, 5.74) is 7.65. The maximum Gasteiger partial charge on any atom is 0.253 e. The molecule has 2 saturated heterocycles. The van der Waals surface area contributed by atoms with Crippen molar-refractivity contribution in [2.75, 3.05) is 13.1 Å². The Labute approximate surface area is 159 Å². The van der Waals surface area contributed by atoms with Crippen molar-refractivity contribution in [3.63, 3.8) is 0 Å². The highest BCUT2D eigenvalue weighted by Gasteiger charge is 2.42. The monoisotopic (exact) mass is 377 g/mol. The summed E-state index contributed by atoms with van der Waals surface area (Å²) in [4.78, 5) is 39.3. The van der Waals surface area contributed by atoms with Crippen molar-refractivity contribution in [1.82, 2.24) is 9.80 Å². The lowest BCUT2D eigenvalue weighted by molar-refractivity contribution is -0.139. The van der Waals surface area contributed by atoms with E-state index in [1.54, 1.807) is 12.1 Å². The van der Waals surface area contributed by atoms with Gasteiger partial charge in [0, 0.05) is 37.5 Å². The van der Waals surface area contributed by atoms with Crippen molar-refractivity contribution in [2.24, 2.45) is 17.6 Å². The lowest BCUT2D eigenvalue weighted by Gasteiger charge is -2.19. The fraction of sp³-hybridized carbons (Fsp3) is 0.526. The van der Waals surface area contributed by atoms with Crippen LogP contribution in [-0.4, -0.2) is 46.7 Å². The van der Waals surface area contributed by atoms with Gasteiger partial charge >= 0.3 is 0 Å². The molecule has 6 nitrogen and oxygen atoms in total. The number of benzene rings is 1. The molecule has 0 aromatic heterocycles. The van der Waals surface area contributed by atoms with Crippen molar-refractivity contribution in [2.45, 2.75) is 38.3 Å². The SMILES string of the molecule is Cl.NC1CCC2CN(C(=O)c3ccc(CN4C(=O)CCC4=O)cc3)CC12. The molecular weight excluding hydrogens is 354 g/mol. The third-order valence-electron chi connectivity index (χ3n) is 5.90. The molecule has 2 aliphatic heterocycles. The minimum atomic E-state index is -0.120. The summed E-state index contributed by atoms with van der Waals surface area (Å²) in [7, 11) is 0. The van der Waals surface area contributed by atoms with Gasteiger partial charge in [-0.2, -0.15) is 0 Å². The molecule has 0 radical (unpaired) electrons. The van der Waals surface area contributed by atoms with Gasteiger partial charge < -0.3 is 10.6 Å². The molecule has 7 heteroatoms. The smallest absolute Gasteiger partial charge is 0.253 e. The molecule has 1 aromatic carbocycles. The first-order valence-corrected chi connectivity index (χ1v) is 9.00. The molecule has 3 amide bonds. The third-order valence-corrected chi connectivity index (χ3v) is 5.90. The number of imide groups is 1. The maximum atomic E-state index is 12.7. The van der Waals surface area contributed by atoms with E-state index < -0.39 is 0 Å². The molecule has 3 aliphatic rings. The second-order valence-corrected chi connectivity index (χ2v) is 7.45. The summed E-state index contributed by atoms with van der Waals surface area (Å²) in [5, 5.41) is 0. The summed E-state index contributed by atoms with van der Waals surface area (Å²) < 4.78 is 0. The fourth-order valence-corrected chi connectivity index (χ4v) is 4.39. The van der Waals surface area contributed by atoms with E-state index in [4.69, 9.17) is 5.73 Å². The van der Waals surface area contributed by atoms with Gasteiger partial charge in [0.25, 0.3) is 5.91 Å². The van der Waals surface area contributed by atoms with Crippen LogP contribution < -0.4 is 5.73 Å². The van der Waals surface area contributed by atoms with Crippen LogP contribution in [0.1, 0.15) is 41.6 Å². The Morgan fingerprint density at radius 3 is 2.31 bits per heavy atom. The first kappa shape index (κ1) is 18.9. The largest absolute Gasteiger partial charge is 0.338 e. The number of halogens is 1. The second-order valence-electron chi connectivity index (χ2n) is 7.45. The van der Waals surface area contributed by atoms with E-state index in [1.807, 2.05) is 17.0 Å². The lowest BCUT2D eigenvalue weighted by atomic mass is 9.98. The van der Waals surface area contributed by atoms with Crippen LogP contribution in [0.15, 0.2) is 24.3 Å². The Kier molecular flexibility index (Phi) is 5.34. The van der Waals surface area contributed by atoms with Gasteiger partial charge in [0.2, 0.25) is 11.8 Å². The topological polar surface area (TPSA) is 83.7 Å². The van der Waals surface area contributed by atoms with Crippen LogP contribution in [0, 0.1) is 11.8 Å². The summed E-state index contributed by atoms with van der Waals surface area (Å²) in [6, 6.07) is 7.46. The van der Waals surface area contributed by atoms with Crippen molar-refractivity contribution in [1.29, 1.82) is 0 Å². The molecule has 3 fully saturated rings. The van der Waals surface area contributed by atoms with Crippen molar-refractivity contribution in [3.05, 3.63) is 35.4 Å². The fourth-order valence-electron chi connectivity index (χ4n) is 4.39. The average Bonchev–Trinajstić information content (AvgIpc) is 3.27. The highest BCUT2D eigenvalue weighted by Crippen LogP contribution is 2.37. The first-order chi connectivity index (χ1) is 12.0. The molecule has 2 heterocycles. The molecule has 1 aromatic rings. The van der Waals surface area contributed by atoms with E-state index >= 15 is 0 Å². The van der Waals surface area contributed by atoms with Gasteiger partial charge in [0.15, 0.2) is 0 Å². The van der Waals surface area contributed by atoms with Gasteiger partial charge in [-0.1, -0.05) is 12.1 Å². The van der Waals surface area contributed by atoms with Gasteiger partial charge in [0.05, 0.1) is 6.54 Å². The van der Waals surface area contributed by atoms with Crippen LogP contribution in [0.4, 0.5) is 0 Å². The molecule has 3 atom stereocenters. The lowest BCUT2D eigenvalue weighted by Crippen LogP contribution is -2.33. The average molecular weight is 378 g/mol. The van der Waals surface area contributed by atoms with E-state index in [9.17, 15) is 14.4 Å². The molecule has 4 rings (SSSR count). The minimum absolute atomic E-state index is 0. The predicted molar refractivity (Wildman–Crippen MR) is 98.6 cm³/mol. The number of likely N-dealkylation sites (tertiary alicyclic amines) is 2. The number of hydrogen-bond donors (Lipinski definition) is 1. The zero-order valence-electron chi connectivity index (χ0n) is 14.6. The Hall–Kier alpha value is -1.92. The van der Waals surface area contributed by atoms with E-state index in [0.29, 0.717) is 30.2 Å². The standard InChI is InChI=1S/C19H23N3O3.ClH/c20-16-6-5-14-10-21(11-15(14)16)19(25)13-3-1-12(2-4-13)9-22-17(23)7-8-18(22)24;/h1-4,14-16H,5-11,20H2;1H. The quantitative estimate of drug-likeness (QED) is 0.810. The van der Waals surface area contributed by atoms with Crippen molar-refractivity contribution in [3.8, 4) is 0 Å². The van der Waals surface area contributed by atoms with Gasteiger partial charge in [-0.3, -0.25) is 19.3 Å². The molecule has 1 aliphatic carbocycles. The van der Waals surface area contributed by atoms with E-state index in [-0.39, 0.29) is 42.7 Å². The molecule has 0 bridgehead atoms. The normalized spacial score (nSPS) is 27.7. The van der Waals surface area contributed by atoms with E-state index in [1.165, 1.54) is 4.90 Å². The Morgan fingerprint density at radius 2 is 1.69 bits per heavy atom. The van der Waals surface area contributed by atoms with Gasteiger partial charge in [-0.15, -0.1) is 12.4 Å². The summed E-state index contributed by atoms with van der Waals surface area (Å²) in [5.74, 6) is 0.789. The highest BCUT2D eigenvalue weighted by atomic mass is 35.5. The summed E-state index contributed by atoms with van der Waals surface area (Å²) in [6.45, 7) is 1.84. The maximum absolute atomic E-state index is 12.7. The molecule has 1 saturated carbocycles. The van der Waals surface area contributed by atoms with E-state index in [0.717, 1.165) is 31.5 Å². The molecule has 0 spiro atoms. The molecule has 2 N–H and O–H groups in total. The third kappa shape index (κ3) is 3.35. The van der Waals surface area contributed by atoms with Crippen molar-refractivity contribution < 1.29 is 14.4 Å². The van der Waals surface area contributed by atoms with Gasteiger partial charge in [-0.25, -0.2) is 0 Å². The van der Waals surface area contributed by atoms with Crippen LogP contribution in [-0.2, 0) is 16.1 Å². The van der Waals surface area contributed by atoms with Crippen LogP contribution in [0.2, 0.25) is 0 Å². The predicted octanol–water partition coefficient (Wildman–Crippen LogP) is 1.57. The van der Waals surface area contributed by atoms with Crippen LogP contribution in [0.25, 0.3) is 0 Å². The number of rotatable bonds is 3. The van der Waals surface area contributed by atoms with Crippen LogP contribution in [0.3, 0.4) is 0 Å². The molecule has 26 heavy (non-hydrogen) atoms. The number of hydrogen-bond acceptors (Lipinski definition) is 4. The van der Waals surface area contributed by atoms with Crippen molar-refractivity contribution >= 4 is 30.1 Å². The Morgan fingerprint density at radius 1 is 1.04 bits per heavy atom.